The molecule has 2 aromatic rings. The lowest BCUT2D eigenvalue weighted by atomic mass is 10.0. The van der Waals surface area contributed by atoms with Gasteiger partial charge in [0.15, 0.2) is 0 Å². The number of nitrogens with zero attached hydrogens (tertiary/aromatic N) is 3. The molecular formula is C16H16N4O3. The Morgan fingerprint density at radius 3 is 2.91 bits per heavy atom. The van der Waals surface area contributed by atoms with Crippen molar-refractivity contribution in [2.45, 2.75) is 31.8 Å². The molecule has 0 radical (unpaired) electrons. The van der Waals surface area contributed by atoms with Gasteiger partial charge >= 0.3 is 0 Å². The molecule has 2 amide bonds. The van der Waals surface area contributed by atoms with Gasteiger partial charge in [-0.05, 0) is 25.0 Å². The Bertz CT molecular complexity index is 785. The Hall–Kier alpha value is -2.70. The van der Waals surface area contributed by atoms with E-state index < -0.39 is 0 Å². The van der Waals surface area contributed by atoms with Crippen LogP contribution in [0, 0.1) is 6.92 Å². The first kappa shape index (κ1) is 13.9. The molecule has 0 saturated carbocycles. The summed E-state index contributed by atoms with van der Waals surface area (Å²) in [6.45, 7) is 2.22. The molecule has 4 rings (SSSR count). The smallest absolute Gasteiger partial charge is 0.255 e. The van der Waals surface area contributed by atoms with Crippen LogP contribution >= 0.6 is 0 Å². The number of benzene rings is 1. The number of piperazine rings is 1. The van der Waals surface area contributed by atoms with Gasteiger partial charge in [0.1, 0.15) is 6.04 Å². The lowest BCUT2D eigenvalue weighted by Gasteiger charge is -2.34. The van der Waals surface area contributed by atoms with Crippen molar-refractivity contribution in [1.82, 2.24) is 20.4 Å². The number of rotatable bonds is 2. The Labute approximate surface area is 132 Å². The largest absolute Gasteiger partial charge is 0.421 e. The van der Waals surface area contributed by atoms with Gasteiger partial charge in [-0.3, -0.25) is 9.59 Å². The lowest BCUT2D eigenvalue weighted by Crippen LogP contribution is -2.57. The molecule has 2 bridgehead atoms. The number of nitrogens with one attached hydrogen (secondary N) is 1. The molecule has 0 aliphatic carbocycles. The summed E-state index contributed by atoms with van der Waals surface area (Å²) in [4.78, 5) is 26.8. The number of carbonyl (C=O) groups is 2. The van der Waals surface area contributed by atoms with Crippen LogP contribution in [0.3, 0.4) is 0 Å². The van der Waals surface area contributed by atoms with Gasteiger partial charge in [-0.15, -0.1) is 10.2 Å². The molecule has 2 atom stereocenters. The number of hydrogen-bond donors (Lipinski definition) is 1. The van der Waals surface area contributed by atoms with Gasteiger partial charge in [0.05, 0.1) is 17.2 Å². The number of aromatic nitrogens is 2. The molecule has 1 aromatic carbocycles. The highest BCUT2D eigenvalue weighted by molar-refractivity contribution is 6.03. The second-order valence-corrected chi connectivity index (χ2v) is 5.88. The molecule has 2 fully saturated rings. The molecule has 23 heavy (non-hydrogen) atoms. The molecule has 118 valence electrons. The summed E-state index contributed by atoms with van der Waals surface area (Å²) >= 11 is 0. The summed E-state index contributed by atoms with van der Waals surface area (Å²) in [5.41, 5.74) is 1.09. The van der Waals surface area contributed by atoms with Gasteiger partial charge < -0.3 is 14.6 Å². The average Bonchev–Trinajstić information content (AvgIpc) is 3.13. The van der Waals surface area contributed by atoms with Crippen molar-refractivity contribution in [1.29, 1.82) is 0 Å². The van der Waals surface area contributed by atoms with Gasteiger partial charge in [-0.2, -0.15) is 0 Å². The van der Waals surface area contributed by atoms with Gasteiger partial charge in [-0.25, -0.2) is 0 Å². The van der Waals surface area contributed by atoms with E-state index in [2.05, 4.69) is 15.5 Å². The maximum absolute atomic E-state index is 13.1. The Kier molecular flexibility index (Phi) is 3.14. The first-order valence-corrected chi connectivity index (χ1v) is 7.65. The predicted molar refractivity (Wildman–Crippen MR) is 80.5 cm³/mol. The van der Waals surface area contributed by atoms with Gasteiger partial charge in [0, 0.05) is 13.5 Å². The molecule has 3 heterocycles. The Morgan fingerprint density at radius 1 is 1.30 bits per heavy atom. The number of amides is 2. The number of fused-ring (bicyclic) bond motifs is 2. The minimum absolute atomic E-state index is 0.0580. The molecule has 2 aliphatic heterocycles. The van der Waals surface area contributed by atoms with E-state index in [0.717, 1.165) is 6.42 Å². The first-order chi connectivity index (χ1) is 11.1. The first-order valence-electron chi connectivity index (χ1n) is 7.65. The number of hydrogen-bond acceptors (Lipinski definition) is 5. The molecule has 7 heteroatoms. The van der Waals surface area contributed by atoms with Crippen LogP contribution in [-0.2, 0) is 4.79 Å². The zero-order valence-corrected chi connectivity index (χ0v) is 12.7. The van der Waals surface area contributed by atoms with Crippen LogP contribution in [0.5, 0.6) is 0 Å². The van der Waals surface area contributed by atoms with Gasteiger partial charge in [0.2, 0.25) is 17.7 Å². The minimum Gasteiger partial charge on any atom is -0.421 e. The Morgan fingerprint density at radius 2 is 2.13 bits per heavy atom. The third-order valence-electron chi connectivity index (χ3n) is 4.47. The van der Waals surface area contributed by atoms with E-state index in [-0.39, 0.29) is 23.9 Å². The summed E-state index contributed by atoms with van der Waals surface area (Å²) in [5, 5.41) is 10.7. The van der Waals surface area contributed by atoms with Crippen molar-refractivity contribution in [2.24, 2.45) is 0 Å². The average molecular weight is 312 g/mol. The summed E-state index contributed by atoms with van der Waals surface area (Å²) < 4.78 is 5.47. The fraction of sp³-hybridized carbons (Fsp3) is 0.375. The van der Waals surface area contributed by atoms with E-state index >= 15 is 0 Å². The van der Waals surface area contributed by atoms with Crippen molar-refractivity contribution in [3.63, 3.8) is 0 Å². The predicted octanol–water partition coefficient (Wildman–Crippen LogP) is 1.15. The Balaban J connectivity index is 1.74. The van der Waals surface area contributed by atoms with E-state index in [1.54, 1.807) is 30.0 Å². The number of carbonyl (C=O) groups excluding carboxylic acids is 2. The van der Waals surface area contributed by atoms with Gasteiger partial charge in [-0.1, -0.05) is 12.1 Å². The van der Waals surface area contributed by atoms with Crippen LogP contribution in [0.15, 0.2) is 28.7 Å². The molecule has 2 unspecified atom stereocenters. The second-order valence-electron chi connectivity index (χ2n) is 5.88. The molecule has 0 spiro atoms. The number of aryl methyl sites for hydroxylation is 1. The third kappa shape index (κ3) is 2.19. The SMILES string of the molecule is Cc1nnc(-c2ccccc2C(=O)N2C3CCC2C(=O)NC3)o1. The molecule has 2 saturated heterocycles. The van der Waals surface area contributed by atoms with Crippen molar-refractivity contribution in [3.8, 4) is 11.5 Å². The van der Waals surface area contributed by atoms with E-state index in [9.17, 15) is 9.59 Å². The standard InChI is InChI=1S/C16H16N4O3/c1-9-18-19-15(23-9)11-4-2-3-5-12(11)16(22)20-10-6-7-13(20)14(21)17-8-10/h2-5,10,13H,6-8H2,1H3,(H,17,21). The van der Waals surface area contributed by atoms with Crippen LogP contribution in [0.4, 0.5) is 0 Å². The molecule has 7 nitrogen and oxygen atoms in total. The summed E-state index contributed by atoms with van der Waals surface area (Å²) in [5.74, 6) is 0.539. The summed E-state index contributed by atoms with van der Waals surface area (Å²) in [6.07, 6.45) is 1.56. The second kappa shape index (κ2) is 5.19. The summed E-state index contributed by atoms with van der Waals surface area (Å²) in [6, 6.07) is 6.83. The monoisotopic (exact) mass is 312 g/mol. The van der Waals surface area contributed by atoms with E-state index in [0.29, 0.717) is 35.9 Å². The normalized spacial score (nSPS) is 23.0. The fourth-order valence-corrected chi connectivity index (χ4v) is 3.38. The molecule has 1 aromatic heterocycles. The lowest BCUT2D eigenvalue weighted by molar-refractivity contribution is -0.127. The van der Waals surface area contributed by atoms with Crippen LogP contribution in [-0.4, -0.2) is 45.5 Å². The van der Waals surface area contributed by atoms with E-state index in [1.165, 1.54) is 0 Å². The zero-order chi connectivity index (χ0) is 16.0. The van der Waals surface area contributed by atoms with Crippen molar-refractivity contribution in [2.75, 3.05) is 6.54 Å². The summed E-state index contributed by atoms with van der Waals surface area (Å²) in [7, 11) is 0. The van der Waals surface area contributed by atoms with Crippen molar-refractivity contribution >= 4 is 11.8 Å². The molecular weight excluding hydrogens is 296 g/mol. The minimum atomic E-state index is -0.376. The molecule has 2 aliphatic rings. The van der Waals surface area contributed by atoms with Crippen LogP contribution < -0.4 is 5.32 Å². The van der Waals surface area contributed by atoms with Crippen LogP contribution in [0.2, 0.25) is 0 Å². The van der Waals surface area contributed by atoms with Crippen LogP contribution in [0.1, 0.15) is 29.1 Å². The van der Waals surface area contributed by atoms with Crippen molar-refractivity contribution in [3.05, 3.63) is 35.7 Å². The highest BCUT2D eigenvalue weighted by Gasteiger charge is 2.45. The van der Waals surface area contributed by atoms with Crippen LogP contribution in [0.25, 0.3) is 11.5 Å². The van der Waals surface area contributed by atoms with Gasteiger partial charge in [0.25, 0.3) is 5.91 Å². The zero-order valence-electron chi connectivity index (χ0n) is 12.7. The highest BCUT2D eigenvalue weighted by atomic mass is 16.4. The topological polar surface area (TPSA) is 88.3 Å². The third-order valence-corrected chi connectivity index (χ3v) is 4.47. The van der Waals surface area contributed by atoms with E-state index in [1.807, 2.05) is 6.07 Å². The van der Waals surface area contributed by atoms with E-state index in [4.69, 9.17) is 4.42 Å². The quantitative estimate of drug-likeness (QED) is 0.898. The highest BCUT2D eigenvalue weighted by Crippen LogP contribution is 2.31. The van der Waals surface area contributed by atoms with Crippen molar-refractivity contribution < 1.29 is 14.0 Å². The maximum Gasteiger partial charge on any atom is 0.255 e. The fourth-order valence-electron chi connectivity index (χ4n) is 3.38. The molecule has 1 N–H and O–H groups in total. The maximum atomic E-state index is 13.1.